The number of hydrogen-bond acceptors (Lipinski definition) is 3. The topological polar surface area (TPSA) is 52.4 Å². The molecule has 0 aliphatic carbocycles. The molecule has 1 rings (SSSR count). The van der Waals surface area contributed by atoms with Crippen LogP contribution in [0.15, 0.2) is 12.1 Å². The lowest BCUT2D eigenvalue weighted by atomic mass is 10.2. The van der Waals surface area contributed by atoms with Crippen LogP contribution in [0.2, 0.25) is 5.02 Å². The van der Waals surface area contributed by atoms with Gasteiger partial charge in [-0.05, 0) is 13.0 Å². The van der Waals surface area contributed by atoms with Crippen molar-refractivity contribution in [3.8, 4) is 5.75 Å². The first-order chi connectivity index (χ1) is 7.20. The molecule has 0 N–H and O–H groups in total. The first-order valence-electron chi connectivity index (χ1n) is 3.91. The fraction of sp³-hybridized carbons (Fsp3) is 0.250. The van der Waals surface area contributed by atoms with Crippen LogP contribution >= 0.6 is 11.6 Å². The molecule has 0 heterocycles. The molecule has 0 amide bonds. The summed E-state index contributed by atoms with van der Waals surface area (Å²) in [6.45, 7) is 1.33. The predicted octanol–water partition coefficient (Wildman–Crippen LogP) is 3.46. The summed E-state index contributed by atoms with van der Waals surface area (Å²) in [5, 5.41) is 10.3. The zero-order valence-corrected chi connectivity index (χ0v) is 8.59. The minimum Gasteiger partial charge on any atom is -0.405 e. The van der Waals surface area contributed by atoms with Crippen LogP contribution in [0.5, 0.6) is 5.75 Å². The van der Waals surface area contributed by atoms with E-state index >= 15 is 0 Å². The summed E-state index contributed by atoms with van der Waals surface area (Å²) in [7, 11) is 0. The lowest BCUT2D eigenvalue weighted by Crippen LogP contribution is -2.17. The molecule has 0 fully saturated rings. The summed E-state index contributed by atoms with van der Waals surface area (Å²) in [6, 6.07) is 1.55. The maximum atomic E-state index is 11.9. The van der Waals surface area contributed by atoms with Gasteiger partial charge in [-0.25, -0.2) is 0 Å². The van der Waals surface area contributed by atoms with E-state index in [0.29, 0.717) is 6.07 Å². The number of alkyl halides is 3. The summed E-state index contributed by atoms with van der Waals surface area (Å²) in [4.78, 5) is 9.67. The predicted molar refractivity (Wildman–Crippen MR) is 49.5 cm³/mol. The van der Waals surface area contributed by atoms with Crippen molar-refractivity contribution in [3.63, 3.8) is 0 Å². The molecule has 0 saturated heterocycles. The second-order valence-electron chi connectivity index (χ2n) is 2.85. The smallest absolute Gasteiger partial charge is 0.405 e. The van der Waals surface area contributed by atoms with Crippen LogP contribution in [0.4, 0.5) is 18.9 Å². The number of rotatable bonds is 2. The van der Waals surface area contributed by atoms with Crippen molar-refractivity contribution in [1.82, 2.24) is 0 Å². The maximum Gasteiger partial charge on any atom is 0.573 e. The first kappa shape index (κ1) is 12.6. The van der Waals surface area contributed by atoms with Crippen molar-refractivity contribution in [2.75, 3.05) is 0 Å². The number of nitrogens with zero attached hydrogens (tertiary/aromatic N) is 1. The Morgan fingerprint density at radius 1 is 1.44 bits per heavy atom. The van der Waals surface area contributed by atoms with E-state index in [2.05, 4.69) is 4.74 Å². The Bertz CT molecular complexity index is 433. The monoisotopic (exact) mass is 255 g/mol. The summed E-state index contributed by atoms with van der Waals surface area (Å²) >= 11 is 5.54. The van der Waals surface area contributed by atoms with Crippen LogP contribution < -0.4 is 4.74 Å². The van der Waals surface area contributed by atoms with Crippen LogP contribution in [0, 0.1) is 17.0 Å². The van der Waals surface area contributed by atoms with Crippen molar-refractivity contribution < 1.29 is 22.8 Å². The third-order valence-corrected chi connectivity index (χ3v) is 2.11. The second-order valence-corrected chi connectivity index (χ2v) is 3.26. The van der Waals surface area contributed by atoms with Gasteiger partial charge in [0, 0.05) is 5.56 Å². The summed E-state index contributed by atoms with van der Waals surface area (Å²) < 4.78 is 39.2. The number of halogens is 4. The molecule has 0 radical (unpaired) electrons. The van der Waals surface area contributed by atoms with Crippen molar-refractivity contribution in [1.29, 1.82) is 0 Å². The van der Waals surface area contributed by atoms with Gasteiger partial charge in [0.25, 0.3) is 5.69 Å². The molecule has 4 nitrogen and oxygen atoms in total. The van der Waals surface area contributed by atoms with Gasteiger partial charge in [0.2, 0.25) is 0 Å². The minimum atomic E-state index is -4.91. The van der Waals surface area contributed by atoms with Gasteiger partial charge >= 0.3 is 6.36 Å². The van der Waals surface area contributed by atoms with Gasteiger partial charge in [-0.2, -0.15) is 0 Å². The van der Waals surface area contributed by atoms with Gasteiger partial charge in [0.05, 0.1) is 16.0 Å². The molecular weight excluding hydrogens is 251 g/mol. The molecule has 0 saturated carbocycles. The van der Waals surface area contributed by atoms with E-state index in [1.807, 2.05) is 0 Å². The number of hydrogen-bond donors (Lipinski definition) is 0. The highest BCUT2D eigenvalue weighted by Crippen LogP contribution is 2.33. The summed E-state index contributed by atoms with van der Waals surface area (Å²) in [5.74, 6) is -0.713. The van der Waals surface area contributed by atoms with E-state index in [4.69, 9.17) is 11.6 Å². The van der Waals surface area contributed by atoms with Gasteiger partial charge in [0.1, 0.15) is 5.75 Å². The van der Waals surface area contributed by atoms with E-state index < -0.39 is 22.7 Å². The van der Waals surface area contributed by atoms with Gasteiger partial charge in [-0.3, -0.25) is 10.1 Å². The molecular formula is C8H5ClF3NO3. The van der Waals surface area contributed by atoms with Gasteiger partial charge in [-0.15, -0.1) is 13.2 Å². The van der Waals surface area contributed by atoms with Gasteiger partial charge in [0.15, 0.2) is 0 Å². The molecule has 88 valence electrons. The Morgan fingerprint density at radius 3 is 2.44 bits per heavy atom. The molecule has 0 spiro atoms. The largest absolute Gasteiger partial charge is 0.573 e. The number of ether oxygens (including phenoxy) is 1. The van der Waals surface area contributed by atoms with E-state index in [1.165, 1.54) is 6.92 Å². The quantitative estimate of drug-likeness (QED) is 0.601. The standard InChI is InChI=1S/C8H5ClF3NO3/c1-4-6(9)2-5(16-8(10,11)12)3-7(4)13(14)15/h2-3H,1H3. The molecule has 8 heteroatoms. The maximum absolute atomic E-state index is 11.9. The minimum absolute atomic E-state index is 0.0844. The van der Waals surface area contributed by atoms with Gasteiger partial charge < -0.3 is 4.74 Å². The fourth-order valence-electron chi connectivity index (χ4n) is 1.02. The summed E-state index contributed by atoms with van der Waals surface area (Å²) in [5.41, 5.74) is -0.437. The van der Waals surface area contributed by atoms with E-state index in [0.717, 1.165) is 6.07 Å². The van der Waals surface area contributed by atoms with Crippen molar-refractivity contribution in [3.05, 3.63) is 32.8 Å². The van der Waals surface area contributed by atoms with Crippen molar-refractivity contribution in [2.45, 2.75) is 13.3 Å². The van der Waals surface area contributed by atoms with Crippen LogP contribution in [0.25, 0.3) is 0 Å². The Morgan fingerprint density at radius 2 is 2.00 bits per heavy atom. The molecule has 16 heavy (non-hydrogen) atoms. The van der Waals surface area contributed by atoms with Crippen LogP contribution in [0.1, 0.15) is 5.56 Å². The second kappa shape index (κ2) is 4.17. The molecule has 0 aromatic heterocycles. The van der Waals surface area contributed by atoms with Crippen LogP contribution in [-0.2, 0) is 0 Å². The molecule has 1 aromatic rings. The highest BCUT2D eigenvalue weighted by Gasteiger charge is 2.32. The highest BCUT2D eigenvalue weighted by molar-refractivity contribution is 6.31. The number of nitro groups is 1. The molecule has 0 unspecified atom stereocenters. The molecule has 0 aliphatic rings. The third-order valence-electron chi connectivity index (χ3n) is 1.72. The number of nitro benzene ring substituents is 1. The first-order valence-corrected chi connectivity index (χ1v) is 4.29. The van der Waals surface area contributed by atoms with Crippen molar-refractivity contribution >= 4 is 17.3 Å². The molecule has 0 aliphatic heterocycles. The van der Waals surface area contributed by atoms with Crippen molar-refractivity contribution in [2.24, 2.45) is 0 Å². The Kier molecular flexibility index (Phi) is 3.27. The molecule has 0 atom stereocenters. The van der Waals surface area contributed by atoms with Crippen LogP contribution in [0.3, 0.4) is 0 Å². The summed E-state index contributed by atoms with van der Waals surface area (Å²) in [6.07, 6.45) is -4.91. The normalized spacial score (nSPS) is 11.3. The third kappa shape index (κ3) is 2.99. The van der Waals surface area contributed by atoms with E-state index in [9.17, 15) is 23.3 Å². The van der Waals surface area contributed by atoms with E-state index in [1.54, 1.807) is 0 Å². The lowest BCUT2D eigenvalue weighted by molar-refractivity contribution is -0.385. The zero-order chi connectivity index (χ0) is 12.5. The Hall–Kier alpha value is -1.50. The molecule has 0 bridgehead atoms. The average Bonchev–Trinajstić information content (AvgIpc) is 2.07. The average molecular weight is 256 g/mol. The number of benzene rings is 1. The molecule has 1 aromatic carbocycles. The SMILES string of the molecule is Cc1c(Cl)cc(OC(F)(F)F)cc1[N+](=O)[O-]. The van der Waals surface area contributed by atoms with E-state index in [-0.39, 0.29) is 10.6 Å². The lowest BCUT2D eigenvalue weighted by Gasteiger charge is -2.09. The van der Waals surface area contributed by atoms with Gasteiger partial charge in [-0.1, -0.05) is 11.6 Å². The fourth-order valence-corrected chi connectivity index (χ4v) is 1.23. The Balaban J connectivity index is 3.19. The Labute approximate surface area is 92.7 Å². The van der Waals surface area contributed by atoms with Crippen LogP contribution in [-0.4, -0.2) is 11.3 Å². The zero-order valence-electron chi connectivity index (χ0n) is 7.84. The highest BCUT2D eigenvalue weighted by atomic mass is 35.5.